The van der Waals surface area contributed by atoms with Gasteiger partial charge in [0.1, 0.15) is 12.4 Å². The first-order valence-electron chi connectivity index (χ1n) is 9.19. The van der Waals surface area contributed by atoms with E-state index in [4.69, 9.17) is 4.74 Å². The number of carbonyl (C=O) groups excluding carboxylic acids is 1. The molecule has 6 nitrogen and oxygen atoms in total. The number of ether oxygens (including phenoxy) is 1. The molecular formula is C21H28N2O4S. The van der Waals surface area contributed by atoms with Crippen LogP contribution in [0.2, 0.25) is 0 Å². The van der Waals surface area contributed by atoms with Crippen LogP contribution in [0.4, 0.5) is 0 Å². The summed E-state index contributed by atoms with van der Waals surface area (Å²) in [4.78, 5) is 13.9. The molecule has 0 aliphatic rings. The smallest absolute Gasteiger partial charge is 0.240 e. The summed E-state index contributed by atoms with van der Waals surface area (Å²) < 4.78 is 32.8. The zero-order valence-corrected chi connectivity index (χ0v) is 17.7. The highest BCUT2D eigenvalue weighted by molar-refractivity contribution is 7.89. The number of benzene rings is 2. The van der Waals surface area contributed by atoms with Crippen molar-refractivity contribution in [3.05, 3.63) is 59.2 Å². The minimum absolute atomic E-state index is 0.0528. The molecule has 0 spiro atoms. The summed E-state index contributed by atoms with van der Waals surface area (Å²) in [5.41, 5.74) is 3.10. The third-order valence-electron chi connectivity index (χ3n) is 4.56. The predicted molar refractivity (Wildman–Crippen MR) is 110 cm³/mol. The van der Waals surface area contributed by atoms with Crippen molar-refractivity contribution in [2.45, 2.75) is 32.1 Å². The third kappa shape index (κ3) is 6.35. The van der Waals surface area contributed by atoms with Gasteiger partial charge in [-0.2, -0.15) is 0 Å². The lowest BCUT2D eigenvalue weighted by atomic mass is 10.1. The van der Waals surface area contributed by atoms with E-state index in [1.54, 1.807) is 30.1 Å². The Bertz CT molecular complexity index is 909. The topological polar surface area (TPSA) is 75.7 Å². The Hall–Kier alpha value is -2.38. The van der Waals surface area contributed by atoms with Crippen LogP contribution in [0.1, 0.15) is 23.1 Å². The summed E-state index contributed by atoms with van der Waals surface area (Å²) in [7, 11) is -1.94. The summed E-state index contributed by atoms with van der Waals surface area (Å²) in [5, 5.41) is 0. The zero-order chi connectivity index (χ0) is 20.7. The molecule has 0 bridgehead atoms. The fourth-order valence-corrected chi connectivity index (χ4v) is 3.62. The molecule has 7 heteroatoms. The SMILES string of the molecule is Cc1ccc(OCCN(C)C(=O)CCNS(=O)(=O)c2ccc(C)c(C)c2)cc1. The molecule has 0 saturated carbocycles. The monoisotopic (exact) mass is 404 g/mol. The van der Waals surface area contributed by atoms with E-state index < -0.39 is 10.0 Å². The molecule has 0 saturated heterocycles. The first-order chi connectivity index (χ1) is 13.2. The van der Waals surface area contributed by atoms with Crippen LogP contribution in [0.25, 0.3) is 0 Å². The van der Waals surface area contributed by atoms with Crippen molar-refractivity contribution in [2.75, 3.05) is 26.7 Å². The number of sulfonamides is 1. The van der Waals surface area contributed by atoms with Gasteiger partial charge in [0.25, 0.3) is 0 Å². The predicted octanol–water partition coefficient (Wildman–Crippen LogP) is 2.82. The second-order valence-corrected chi connectivity index (χ2v) is 8.64. The number of likely N-dealkylation sites (N-methyl/N-ethyl adjacent to an activating group) is 1. The first kappa shape index (κ1) is 21.9. The van der Waals surface area contributed by atoms with Crippen molar-refractivity contribution < 1.29 is 17.9 Å². The molecule has 1 N–H and O–H groups in total. The van der Waals surface area contributed by atoms with Gasteiger partial charge in [0.15, 0.2) is 0 Å². The van der Waals surface area contributed by atoms with Gasteiger partial charge >= 0.3 is 0 Å². The largest absolute Gasteiger partial charge is 0.492 e. The molecule has 0 aliphatic heterocycles. The molecule has 152 valence electrons. The highest BCUT2D eigenvalue weighted by atomic mass is 32.2. The third-order valence-corrected chi connectivity index (χ3v) is 6.02. The fraction of sp³-hybridized carbons (Fsp3) is 0.381. The number of hydrogen-bond donors (Lipinski definition) is 1. The molecule has 28 heavy (non-hydrogen) atoms. The number of amides is 1. The van der Waals surface area contributed by atoms with Crippen LogP contribution in [0.15, 0.2) is 47.4 Å². The van der Waals surface area contributed by atoms with Crippen molar-refractivity contribution in [3.8, 4) is 5.75 Å². The Kier molecular flexibility index (Phi) is 7.60. The van der Waals surface area contributed by atoms with E-state index in [0.717, 1.165) is 22.4 Å². The van der Waals surface area contributed by atoms with E-state index in [2.05, 4.69) is 4.72 Å². The lowest BCUT2D eigenvalue weighted by molar-refractivity contribution is -0.130. The van der Waals surface area contributed by atoms with Gasteiger partial charge in [-0.25, -0.2) is 13.1 Å². The quantitative estimate of drug-likeness (QED) is 0.697. The Morgan fingerprint density at radius 1 is 1.04 bits per heavy atom. The van der Waals surface area contributed by atoms with E-state index >= 15 is 0 Å². The summed E-state index contributed by atoms with van der Waals surface area (Å²) in [6.45, 7) is 6.65. The van der Waals surface area contributed by atoms with Gasteiger partial charge in [-0.15, -0.1) is 0 Å². The highest BCUT2D eigenvalue weighted by Gasteiger charge is 2.16. The molecule has 0 aliphatic carbocycles. The number of nitrogens with one attached hydrogen (secondary N) is 1. The second-order valence-electron chi connectivity index (χ2n) is 6.87. The van der Waals surface area contributed by atoms with Crippen molar-refractivity contribution >= 4 is 15.9 Å². The molecule has 2 rings (SSSR count). The van der Waals surface area contributed by atoms with Crippen LogP contribution in [-0.4, -0.2) is 46.0 Å². The highest BCUT2D eigenvalue weighted by Crippen LogP contribution is 2.14. The first-order valence-corrected chi connectivity index (χ1v) is 10.7. The Labute approximate surface area is 167 Å². The molecule has 0 unspecified atom stereocenters. The van der Waals surface area contributed by atoms with Gasteiger partial charge in [-0.3, -0.25) is 4.79 Å². The maximum Gasteiger partial charge on any atom is 0.240 e. The number of aryl methyl sites for hydroxylation is 3. The molecule has 0 aromatic heterocycles. The van der Waals surface area contributed by atoms with Crippen LogP contribution < -0.4 is 9.46 Å². The van der Waals surface area contributed by atoms with Gasteiger partial charge in [0.05, 0.1) is 11.4 Å². The second kappa shape index (κ2) is 9.71. The van der Waals surface area contributed by atoms with Gasteiger partial charge < -0.3 is 9.64 Å². The molecule has 1 amide bonds. The van der Waals surface area contributed by atoms with Gasteiger partial charge in [0.2, 0.25) is 15.9 Å². The summed E-state index contributed by atoms with van der Waals surface area (Å²) >= 11 is 0. The van der Waals surface area contributed by atoms with Crippen LogP contribution in [0.5, 0.6) is 5.75 Å². The normalized spacial score (nSPS) is 11.3. The van der Waals surface area contributed by atoms with E-state index in [1.165, 1.54) is 0 Å². The minimum Gasteiger partial charge on any atom is -0.492 e. The van der Waals surface area contributed by atoms with E-state index in [9.17, 15) is 13.2 Å². The fourth-order valence-electron chi connectivity index (χ4n) is 2.51. The lowest BCUT2D eigenvalue weighted by Gasteiger charge is -2.18. The number of carbonyl (C=O) groups is 1. The van der Waals surface area contributed by atoms with Crippen LogP contribution >= 0.6 is 0 Å². The number of rotatable bonds is 9. The van der Waals surface area contributed by atoms with Gasteiger partial charge in [0, 0.05) is 20.0 Å². The van der Waals surface area contributed by atoms with E-state index in [0.29, 0.717) is 13.2 Å². The van der Waals surface area contributed by atoms with Gasteiger partial charge in [-0.1, -0.05) is 23.8 Å². The van der Waals surface area contributed by atoms with E-state index in [-0.39, 0.29) is 23.8 Å². The molecular weight excluding hydrogens is 376 g/mol. The van der Waals surface area contributed by atoms with Crippen LogP contribution in [-0.2, 0) is 14.8 Å². The standard InChI is InChI=1S/C21H28N2O4S/c1-16-5-8-19(9-6-16)27-14-13-23(4)21(24)11-12-22-28(25,26)20-10-7-17(2)18(3)15-20/h5-10,15,22H,11-14H2,1-4H3. The molecule has 0 heterocycles. The maximum absolute atomic E-state index is 12.3. The summed E-state index contributed by atoms with van der Waals surface area (Å²) in [6, 6.07) is 12.7. The molecule has 2 aromatic rings. The van der Waals surface area contributed by atoms with Crippen molar-refractivity contribution in [1.82, 2.24) is 9.62 Å². The minimum atomic E-state index is -3.62. The maximum atomic E-state index is 12.3. The molecule has 0 fully saturated rings. The summed E-state index contributed by atoms with van der Waals surface area (Å²) in [5.74, 6) is 0.614. The molecule has 0 radical (unpaired) electrons. The summed E-state index contributed by atoms with van der Waals surface area (Å²) in [6.07, 6.45) is 0.0884. The Balaban J connectivity index is 1.76. The number of nitrogens with zero attached hydrogens (tertiary/aromatic N) is 1. The zero-order valence-electron chi connectivity index (χ0n) is 16.9. The van der Waals surface area contributed by atoms with Gasteiger partial charge in [-0.05, 0) is 56.2 Å². The van der Waals surface area contributed by atoms with E-state index in [1.807, 2.05) is 45.0 Å². The molecule has 0 atom stereocenters. The van der Waals surface area contributed by atoms with Crippen molar-refractivity contribution in [1.29, 1.82) is 0 Å². The Morgan fingerprint density at radius 3 is 2.36 bits per heavy atom. The lowest BCUT2D eigenvalue weighted by Crippen LogP contribution is -2.34. The number of hydrogen-bond acceptors (Lipinski definition) is 4. The van der Waals surface area contributed by atoms with Crippen LogP contribution in [0, 0.1) is 20.8 Å². The van der Waals surface area contributed by atoms with Crippen LogP contribution in [0.3, 0.4) is 0 Å². The average Bonchev–Trinajstić information content (AvgIpc) is 2.65. The van der Waals surface area contributed by atoms with Crippen molar-refractivity contribution in [2.24, 2.45) is 0 Å². The van der Waals surface area contributed by atoms with Crippen molar-refractivity contribution in [3.63, 3.8) is 0 Å². The average molecular weight is 405 g/mol. The Morgan fingerprint density at radius 2 is 1.71 bits per heavy atom. The molecule has 2 aromatic carbocycles.